The Labute approximate surface area is 107 Å². The van der Waals surface area contributed by atoms with E-state index in [1.54, 1.807) is 26.0 Å². The van der Waals surface area contributed by atoms with E-state index in [1.165, 1.54) is 6.07 Å². The van der Waals surface area contributed by atoms with Gasteiger partial charge in [-0.3, -0.25) is 4.79 Å². The second kappa shape index (κ2) is 3.95. The van der Waals surface area contributed by atoms with E-state index in [1.807, 2.05) is 13.8 Å². The van der Waals surface area contributed by atoms with E-state index in [4.69, 9.17) is 0 Å². The Kier molecular flexibility index (Phi) is 2.82. The molecule has 2 N–H and O–H groups in total. The third kappa shape index (κ3) is 1.85. The number of phenols is 1. The van der Waals surface area contributed by atoms with Gasteiger partial charge < -0.3 is 10.2 Å². The zero-order valence-corrected chi connectivity index (χ0v) is 11.1. The van der Waals surface area contributed by atoms with Crippen LogP contribution in [0.3, 0.4) is 0 Å². The van der Waals surface area contributed by atoms with Crippen molar-refractivity contribution in [2.24, 2.45) is 5.92 Å². The number of hydrogen-bond acceptors (Lipinski definition) is 3. The van der Waals surface area contributed by atoms with Crippen molar-refractivity contribution < 1.29 is 15.0 Å². The topological polar surface area (TPSA) is 57.5 Å². The van der Waals surface area contributed by atoms with Crippen LogP contribution in [0.25, 0.3) is 0 Å². The predicted octanol–water partition coefficient (Wildman–Crippen LogP) is 2.69. The van der Waals surface area contributed by atoms with Gasteiger partial charge in [-0.15, -0.1) is 0 Å². The number of phenolic OH excluding ortho intramolecular Hbond substituents is 1. The fraction of sp³-hybridized carbons (Fsp3) is 0.400. The number of Topliss-reactive ketones (excluding diaryl/α,β-unsaturated/α-hetero) is 1. The Morgan fingerprint density at radius 1 is 1.28 bits per heavy atom. The van der Waals surface area contributed by atoms with E-state index in [2.05, 4.69) is 0 Å². The fourth-order valence-corrected chi connectivity index (χ4v) is 2.33. The molecule has 1 unspecified atom stereocenters. The molecule has 1 aliphatic rings. The maximum atomic E-state index is 12.3. The van der Waals surface area contributed by atoms with Crippen LogP contribution in [0.4, 0.5) is 0 Å². The van der Waals surface area contributed by atoms with Crippen molar-refractivity contribution in [3.05, 3.63) is 40.5 Å². The SMILES string of the molecule is Cc1cc2c(cc1O)C(C)(O)C=C(C(C)C)C2=O. The third-order valence-corrected chi connectivity index (χ3v) is 3.45. The lowest BCUT2D eigenvalue weighted by Gasteiger charge is -2.30. The second-order valence-corrected chi connectivity index (χ2v) is 5.42. The van der Waals surface area contributed by atoms with Crippen LogP contribution in [0.2, 0.25) is 0 Å². The molecular formula is C15H18O3. The molecule has 18 heavy (non-hydrogen) atoms. The monoisotopic (exact) mass is 246 g/mol. The summed E-state index contributed by atoms with van der Waals surface area (Å²) in [6.45, 7) is 7.23. The minimum absolute atomic E-state index is 0.0605. The molecule has 0 amide bonds. The van der Waals surface area contributed by atoms with Crippen molar-refractivity contribution in [2.45, 2.75) is 33.3 Å². The van der Waals surface area contributed by atoms with E-state index in [0.717, 1.165) is 0 Å². The first-order valence-corrected chi connectivity index (χ1v) is 6.08. The predicted molar refractivity (Wildman–Crippen MR) is 69.7 cm³/mol. The van der Waals surface area contributed by atoms with Gasteiger partial charge in [-0.25, -0.2) is 0 Å². The Bertz CT molecular complexity index is 551. The highest BCUT2D eigenvalue weighted by molar-refractivity contribution is 6.11. The van der Waals surface area contributed by atoms with E-state index in [0.29, 0.717) is 22.3 Å². The number of aryl methyl sites for hydroxylation is 1. The van der Waals surface area contributed by atoms with Crippen molar-refractivity contribution in [2.75, 3.05) is 0 Å². The quantitative estimate of drug-likeness (QED) is 0.801. The van der Waals surface area contributed by atoms with Gasteiger partial charge in [0.15, 0.2) is 5.78 Å². The van der Waals surface area contributed by atoms with Crippen molar-refractivity contribution in [1.29, 1.82) is 0 Å². The molecule has 0 saturated carbocycles. The number of ketones is 1. The maximum Gasteiger partial charge on any atom is 0.189 e. The number of aromatic hydroxyl groups is 1. The molecule has 1 atom stereocenters. The molecule has 0 spiro atoms. The summed E-state index contributed by atoms with van der Waals surface area (Å²) < 4.78 is 0. The lowest BCUT2D eigenvalue weighted by Crippen LogP contribution is -2.29. The van der Waals surface area contributed by atoms with Gasteiger partial charge in [0.1, 0.15) is 11.4 Å². The van der Waals surface area contributed by atoms with Crippen LogP contribution in [-0.2, 0) is 5.60 Å². The van der Waals surface area contributed by atoms with Crippen molar-refractivity contribution in [1.82, 2.24) is 0 Å². The number of fused-ring (bicyclic) bond motifs is 1. The fourth-order valence-electron chi connectivity index (χ4n) is 2.33. The van der Waals surface area contributed by atoms with Crippen LogP contribution in [0.5, 0.6) is 5.75 Å². The molecule has 0 heterocycles. The van der Waals surface area contributed by atoms with Gasteiger partial charge in [0, 0.05) is 16.7 Å². The Morgan fingerprint density at radius 3 is 2.44 bits per heavy atom. The van der Waals surface area contributed by atoms with Gasteiger partial charge in [0.2, 0.25) is 0 Å². The summed E-state index contributed by atoms with van der Waals surface area (Å²) >= 11 is 0. The third-order valence-electron chi connectivity index (χ3n) is 3.45. The van der Waals surface area contributed by atoms with Gasteiger partial charge in [-0.05, 0) is 43.5 Å². The molecule has 3 nitrogen and oxygen atoms in total. The van der Waals surface area contributed by atoms with Gasteiger partial charge >= 0.3 is 0 Å². The lowest BCUT2D eigenvalue weighted by atomic mass is 9.77. The Balaban J connectivity index is 2.70. The van der Waals surface area contributed by atoms with E-state index in [9.17, 15) is 15.0 Å². The van der Waals surface area contributed by atoms with Gasteiger partial charge in [0.05, 0.1) is 0 Å². The summed E-state index contributed by atoms with van der Waals surface area (Å²) in [6.07, 6.45) is 1.59. The molecule has 2 rings (SSSR count). The normalized spacial score (nSPS) is 23.0. The molecular weight excluding hydrogens is 228 g/mol. The number of rotatable bonds is 1. The molecule has 0 aromatic heterocycles. The van der Waals surface area contributed by atoms with Crippen LogP contribution in [-0.4, -0.2) is 16.0 Å². The Morgan fingerprint density at radius 2 is 1.89 bits per heavy atom. The molecule has 1 aromatic rings. The Hall–Kier alpha value is -1.61. The number of allylic oxidation sites excluding steroid dienone is 1. The van der Waals surface area contributed by atoms with Crippen molar-refractivity contribution in [3.63, 3.8) is 0 Å². The first kappa shape index (κ1) is 12.8. The molecule has 0 radical (unpaired) electrons. The maximum absolute atomic E-state index is 12.3. The highest BCUT2D eigenvalue weighted by atomic mass is 16.3. The van der Waals surface area contributed by atoms with Gasteiger partial charge in [0.25, 0.3) is 0 Å². The number of carbonyl (C=O) groups excluding carboxylic acids is 1. The summed E-state index contributed by atoms with van der Waals surface area (Å²) in [5, 5.41) is 20.2. The van der Waals surface area contributed by atoms with Crippen LogP contribution >= 0.6 is 0 Å². The molecule has 0 saturated heterocycles. The average molecular weight is 246 g/mol. The zero-order chi connectivity index (χ0) is 13.7. The summed E-state index contributed by atoms with van der Waals surface area (Å²) in [5.74, 6) is 0.101. The molecule has 1 aromatic carbocycles. The number of carbonyl (C=O) groups is 1. The molecule has 0 aliphatic heterocycles. The number of benzene rings is 1. The number of hydrogen-bond donors (Lipinski definition) is 2. The second-order valence-electron chi connectivity index (χ2n) is 5.42. The molecule has 96 valence electrons. The van der Waals surface area contributed by atoms with Gasteiger partial charge in [-0.2, -0.15) is 0 Å². The largest absolute Gasteiger partial charge is 0.508 e. The molecule has 1 aliphatic carbocycles. The first-order valence-electron chi connectivity index (χ1n) is 6.08. The first-order chi connectivity index (χ1) is 8.24. The summed E-state index contributed by atoms with van der Waals surface area (Å²) in [4.78, 5) is 12.3. The number of aliphatic hydroxyl groups is 1. The van der Waals surface area contributed by atoms with E-state index >= 15 is 0 Å². The van der Waals surface area contributed by atoms with Crippen molar-refractivity contribution >= 4 is 5.78 Å². The summed E-state index contributed by atoms with van der Waals surface area (Å²) in [6, 6.07) is 3.13. The van der Waals surface area contributed by atoms with Crippen LogP contribution < -0.4 is 0 Å². The molecule has 0 fully saturated rings. The molecule has 3 heteroatoms. The minimum Gasteiger partial charge on any atom is -0.508 e. The van der Waals surface area contributed by atoms with Crippen LogP contribution in [0.1, 0.15) is 42.3 Å². The van der Waals surface area contributed by atoms with Gasteiger partial charge in [-0.1, -0.05) is 13.8 Å². The van der Waals surface area contributed by atoms with Crippen LogP contribution in [0, 0.1) is 12.8 Å². The zero-order valence-electron chi connectivity index (χ0n) is 11.1. The lowest BCUT2D eigenvalue weighted by molar-refractivity contribution is 0.0896. The average Bonchev–Trinajstić information content (AvgIpc) is 2.26. The smallest absolute Gasteiger partial charge is 0.189 e. The van der Waals surface area contributed by atoms with Crippen LogP contribution in [0.15, 0.2) is 23.8 Å². The molecule has 0 bridgehead atoms. The minimum atomic E-state index is -1.21. The van der Waals surface area contributed by atoms with E-state index in [-0.39, 0.29) is 17.5 Å². The highest BCUT2D eigenvalue weighted by Crippen LogP contribution is 2.38. The standard InChI is InChI=1S/C15H18O3/c1-8(2)11-7-15(4,18)12-6-13(16)9(3)5-10(12)14(11)17/h5-8,16,18H,1-4H3. The summed E-state index contributed by atoms with van der Waals surface area (Å²) in [7, 11) is 0. The van der Waals surface area contributed by atoms with Crippen molar-refractivity contribution in [3.8, 4) is 5.75 Å². The van der Waals surface area contributed by atoms with E-state index < -0.39 is 5.60 Å². The highest BCUT2D eigenvalue weighted by Gasteiger charge is 2.35. The summed E-state index contributed by atoms with van der Waals surface area (Å²) in [5.41, 5.74) is 1.01.